The monoisotopic (exact) mass is 580 g/mol. The van der Waals surface area contributed by atoms with Gasteiger partial charge in [0.1, 0.15) is 0 Å². The second kappa shape index (κ2) is 11.0. The van der Waals surface area contributed by atoms with Gasteiger partial charge in [-0.1, -0.05) is 53.5 Å². The Labute approximate surface area is 240 Å². The van der Waals surface area contributed by atoms with Gasteiger partial charge in [0.2, 0.25) is 11.6 Å². The van der Waals surface area contributed by atoms with E-state index in [9.17, 15) is 24.3 Å². The Morgan fingerprint density at radius 2 is 1.85 bits per heavy atom. The molecule has 3 saturated carbocycles. The lowest BCUT2D eigenvalue weighted by Crippen LogP contribution is -2.69. The molecule has 0 amide bonds. The fourth-order valence-corrected chi connectivity index (χ4v) is 9.09. The maximum Gasteiger partial charge on any atom is 0.306 e. The van der Waals surface area contributed by atoms with Crippen LogP contribution < -0.4 is 0 Å². The van der Waals surface area contributed by atoms with Crippen molar-refractivity contribution < 1.29 is 38.1 Å². The number of carbonyl (C=O) groups is 4. The van der Waals surface area contributed by atoms with E-state index in [0.29, 0.717) is 24.8 Å². The Balaban J connectivity index is 1.73. The first-order valence-electron chi connectivity index (χ1n) is 14.6. The molecule has 1 N–H and O–H groups in total. The molecule has 40 heavy (non-hydrogen) atoms. The zero-order valence-corrected chi connectivity index (χ0v) is 24.9. The second-order valence-corrected chi connectivity index (χ2v) is 13.2. The lowest BCUT2D eigenvalue weighted by molar-refractivity contribution is -0.203. The number of hydrogen-bond acceptors (Lipinski definition) is 7. The van der Waals surface area contributed by atoms with Crippen LogP contribution in [-0.4, -0.2) is 51.8 Å². The Morgan fingerprint density at radius 3 is 2.50 bits per heavy atom. The number of ketones is 2. The highest BCUT2D eigenvalue weighted by atomic mass is 35.5. The zero-order chi connectivity index (χ0) is 29.7. The third kappa shape index (κ3) is 4.31. The fraction of sp³-hybridized carbons (Fsp3) is 0.742. The number of aliphatic hydroxyl groups excluding tert-OH is 1. The molecule has 0 aromatic rings. The number of ether oxygens (including phenoxy) is 2. The van der Waals surface area contributed by atoms with Crippen LogP contribution in [-0.2, 0) is 28.7 Å². The average Bonchev–Trinajstić information content (AvgIpc) is 3.12. The maximum absolute atomic E-state index is 15.1. The van der Waals surface area contributed by atoms with E-state index in [1.54, 1.807) is 19.9 Å². The zero-order valence-electron chi connectivity index (χ0n) is 24.2. The van der Waals surface area contributed by atoms with Gasteiger partial charge in [0.15, 0.2) is 18.0 Å². The van der Waals surface area contributed by atoms with Crippen molar-refractivity contribution in [3.8, 4) is 0 Å². The number of alkyl halides is 1. The van der Waals surface area contributed by atoms with Crippen LogP contribution in [0.4, 0.5) is 4.39 Å². The van der Waals surface area contributed by atoms with Crippen molar-refractivity contribution in [1.82, 2.24) is 0 Å². The summed E-state index contributed by atoms with van der Waals surface area (Å²) in [5.74, 6) is -4.11. The largest absolute Gasteiger partial charge is 0.457 e. The quantitative estimate of drug-likeness (QED) is 0.216. The predicted octanol–water partition coefficient (Wildman–Crippen LogP) is 5.55. The van der Waals surface area contributed by atoms with Gasteiger partial charge < -0.3 is 14.6 Å². The van der Waals surface area contributed by atoms with Gasteiger partial charge in [-0.15, -0.1) is 11.6 Å². The average molecular weight is 581 g/mol. The summed E-state index contributed by atoms with van der Waals surface area (Å²) in [6.45, 7) is 8.62. The van der Waals surface area contributed by atoms with Gasteiger partial charge in [0.25, 0.3) is 0 Å². The summed E-state index contributed by atoms with van der Waals surface area (Å²) in [5, 5.41) is 11.8. The van der Waals surface area contributed by atoms with Crippen LogP contribution in [0.25, 0.3) is 0 Å². The number of esters is 2. The number of unbranched alkanes of at least 4 members (excludes halogenated alkanes) is 2. The molecule has 0 bridgehead atoms. The normalized spacial score (nSPS) is 40.2. The van der Waals surface area contributed by atoms with Gasteiger partial charge in [-0.2, -0.15) is 0 Å². The van der Waals surface area contributed by atoms with Gasteiger partial charge in [-0.05, 0) is 55.6 Å². The molecule has 7 nitrogen and oxygen atoms in total. The van der Waals surface area contributed by atoms with E-state index in [1.165, 1.54) is 6.08 Å². The Bertz CT molecular complexity index is 1150. The van der Waals surface area contributed by atoms with Crippen molar-refractivity contribution in [1.29, 1.82) is 0 Å². The van der Waals surface area contributed by atoms with Crippen LogP contribution in [0.1, 0.15) is 92.4 Å². The van der Waals surface area contributed by atoms with Crippen molar-refractivity contribution in [3.63, 3.8) is 0 Å². The number of fused-ring (bicyclic) bond motifs is 5. The molecule has 3 fully saturated rings. The summed E-state index contributed by atoms with van der Waals surface area (Å²) in [6, 6.07) is 0. The molecular formula is C31H42ClFO7. The van der Waals surface area contributed by atoms with Gasteiger partial charge in [-0.3, -0.25) is 19.2 Å². The molecule has 0 aliphatic heterocycles. The standard InChI is InChI=1S/C31H42ClFO7/c1-6-8-9-10-26(38)39-17-24(36)31(40-25(37)7-2)18(3)15-21-19-11-12-20-27(33)22(34)13-14-28(20,4)30(19,32)23(35)16-29(21,31)5/h13-14,18-19,21,23,35H,6-12,15-17H2,1-5H3/t18-,19+,21+,23+,28+,29+,30+,31+/m1/s1. The van der Waals surface area contributed by atoms with Crippen LogP contribution in [0.3, 0.4) is 0 Å². The number of carbonyl (C=O) groups excluding carboxylic acids is 4. The summed E-state index contributed by atoms with van der Waals surface area (Å²) in [4.78, 5) is 50.1. The Morgan fingerprint density at radius 1 is 1.15 bits per heavy atom. The Hall–Kier alpha value is -2.06. The summed E-state index contributed by atoms with van der Waals surface area (Å²) in [7, 11) is 0. The fourth-order valence-electron chi connectivity index (χ4n) is 8.57. The topological polar surface area (TPSA) is 107 Å². The van der Waals surface area contributed by atoms with Crippen LogP contribution in [0.5, 0.6) is 0 Å². The molecular weight excluding hydrogens is 539 g/mol. The number of rotatable bonds is 9. The minimum absolute atomic E-state index is 0.0153. The van der Waals surface area contributed by atoms with Crippen LogP contribution in [0.15, 0.2) is 23.6 Å². The first kappa shape index (κ1) is 30.9. The van der Waals surface area contributed by atoms with Crippen molar-refractivity contribution >= 4 is 35.1 Å². The minimum atomic E-state index is -1.63. The minimum Gasteiger partial charge on any atom is -0.457 e. The maximum atomic E-state index is 15.1. The summed E-state index contributed by atoms with van der Waals surface area (Å²) < 4.78 is 26.5. The SMILES string of the molecule is CCCCCC(=O)OCC(=O)[C@@]1(OC(=O)CC)[C@H](C)C[C@H]2[C@@H]3CCC4=C(F)C(=O)C=C[C@]4(C)[C@@]3(Cl)[C@@H](O)C[C@@]21C. The van der Waals surface area contributed by atoms with E-state index >= 15 is 4.39 Å². The number of hydrogen-bond donors (Lipinski definition) is 1. The molecule has 0 spiro atoms. The highest BCUT2D eigenvalue weighted by Gasteiger charge is 2.76. The molecule has 4 aliphatic rings. The van der Waals surface area contributed by atoms with Gasteiger partial charge in [-0.25, -0.2) is 4.39 Å². The van der Waals surface area contributed by atoms with Crippen molar-refractivity contribution in [2.45, 2.75) is 109 Å². The summed E-state index contributed by atoms with van der Waals surface area (Å²) in [5.41, 5.74) is -3.46. The molecule has 8 atom stereocenters. The lowest BCUT2D eigenvalue weighted by Gasteiger charge is -2.64. The molecule has 4 rings (SSSR count). The van der Waals surface area contributed by atoms with Crippen molar-refractivity contribution in [3.05, 3.63) is 23.6 Å². The van der Waals surface area contributed by atoms with Crippen LogP contribution >= 0.6 is 11.6 Å². The number of allylic oxidation sites excluding steroid dienone is 4. The molecule has 222 valence electrons. The third-order valence-corrected chi connectivity index (χ3v) is 11.5. The molecule has 0 aromatic carbocycles. The number of aliphatic hydroxyl groups is 1. The third-order valence-electron chi connectivity index (χ3n) is 10.6. The predicted molar refractivity (Wildman–Crippen MR) is 147 cm³/mol. The Kier molecular flexibility index (Phi) is 8.47. The highest BCUT2D eigenvalue weighted by molar-refractivity contribution is 6.26. The lowest BCUT2D eigenvalue weighted by atomic mass is 9.45. The number of halogens is 2. The van der Waals surface area contributed by atoms with E-state index in [4.69, 9.17) is 21.1 Å². The molecule has 0 heterocycles. The molecule has 0 radical (unpaired) electrons. The number of Topliss-reactive ketones (excluding diaryl/α,β-unsaturated/α-hetero) is 1. The first-order chi connectivity index (χ1) is 18.7. The first-order valence-corrected chi connectivity index (χ1v) is 15.0. The van der Waals surface area contributed by atoms with Gasteiger partial charge in [0, 0.05) is 29.6 Å². The van der Waals surface area contributed by atoms with E-state index < -0.39 is 69.3 Å². The van der Waals surface area contributed by atoms with E-state index in [0.717, 1.165) is 12.8 Å². The van der Waals surface area contributed by atoms with Crippen molar-refractivity contribution in [2.75, 3.05) is 6.61 Å². The smallest absolute Gasteiger partial charge is 0.306 e. The van der Waals surface area contributed by atoms with E-state index in [1.807, 2.05) is 20.8 Å². The second-order valence-electron chi connectivity index (χ2n) is 12.6. The molecule has 0 aromatic heterocycles. The van der Waals surface area contributed by atoms with Gasteiger partial charge in [0.05, 0.1) is 11.0 Å². The molecule has 0 unspecified atom stereocenters. The molecule has 0 saturated heterocycles. The van der Waals surface area contributed by atoms with Gasteiger partial charge >= 0.3 is 11.9 Å². The van der Waals surface area contributed by atoms with Crippen LogP contribution in [0.2, 0.25) is 0 Å². The van der Waals surface area contributed by atoms with Crippen LogP contribution in [0, 0.1) is 28.6 Å². The summed E-state index contributed by atoms with van der Waals surface area (Å²) >= 11 is 7.42. The van der Waals surface area contributed by atoms with E-state index in [-0.39, 0.29) is 37.5 Å². The molecule has 9 heteroatoms. The van der Waals surface area contributed by atoms with E-state index in [2.05, 4.69) is 0 Å². The summed E-state index contributed by atoms with van der Waals surface area (Å²) in [6.07, 6.45) is 5.53. The van der Waals surface area contributed by atoms with Crippen molar-refractivity contribution in [2.24, 2.45) is 28.6 Å². The highest BCUT2D eigenvalue weighted by Crippen LogP contribution is 2.72. The molecule has 4 aliphatic carbocycles.